The molecule has 120 valence electrons. The van der Waals surface area contributed by atoms with Gasteiger partial charge in [-0.1, -0.05) is 34.5 Å². The number of carbonyl (C=O) groups is 1. The molecule has 4 heteroatoms. The van der Waals surface area contributed by atoms with Crippen molar-refractivity contribution in [2.75, 3.05) is 6.54 Å². The average molecular weight is 366 g/mol. The molecule has 2 aliphatic rings. The van der Waals surface area contributed by atoms with E-state index in [1.807, 2.05) is 17.0 Å². The van der Waals surface area contributed by atoms with Gasteiger partial charge >= 0.3 is 6.09 Å². The number of benzene rings is 1. The minimum absolute atomic E-state index is 0.152. The van der Waals surface area contributed by atoms with E-state index in [2.05, 4.69) is 41.9 Å². The molecule has 1 saturated carbocycles. The Kier molecular flexibility index (Phi) is 4.23. The minimum atomic E-state index is -0.353. The summed E-state index contributed by atoms with van der Waals surface area (Å²) in [7, 11) is 0. The highest BCUT2D eigenvalue weighted by Crippen LogP contribution is 2.41. The predicted molar refractivity (Wildman–Crippen MR) is 90.8 cm³/mol. The highest BCUT2D eigenvalue weighted by molar-refractivity contribution is 9.10. The van der Waals surface area contributed by atoms with Crippen LogP contribution in [-0.4, -0.2) is 23.1 Å². The van der Waals surface area contributed by atoms with Gasteiger partial charge in [0.2, 0.25) is 0 Å². The Morgan fingerprint density at radius 1 is 1.09 bits per heavy atom. The fourth-order valence-electron chi connectivity index (χ4n) is 3.77. The second-order valence-corrected chi connectivity index (χ2v) is 7.99. The molecule has 0 radical (unpaired) electrons. The van der Waals surface area contributed by atoms with Crippen LogP contribution in [0.5, 0.6) is 0 Å². The summed E-state index contributed by atoms with van der Waals surface area (Å²) in [5.74, 6) is 0. The summed E-state index contributed by atoms with van der Waals surface area (Å²) in [6.07, 6.45) is 6.51. The molecule has 1 saturated heterocycles. The van der Waals surface area contributed by atoms with Crippen LogP contribution in [0.4, 0.5) is 4.79 Å². The normalized spacial score (nSPS) is 21.8. The van der Waals surface area contributed by atoms with Crippen molar-refractivity contribution in [2.45, 2.75) is 63.5 Å². The monoisotopic (exact) mass is 365 g/mol. The van der Waals surface area contributed by atoms with E-state index in [1.54, 1.807) is 0 Å². The summed E-state index contributed by atoms with van der Waals surface area (Å²) in [4.78, 5) is 14.5. The fraction of sp³-hybridized carbons (Fsp3) is 0.611. The maximum Gasteiger partial charge on any atom is 0.411 e. The van der Waals surface area contributed by atoms with Crippen molar-refractivity contribution < 1.29 is 9.53 Å². The SMILES string of the molecule is CC(C)(c1ccc(Br)cc1)N1CCC2(CCCCC2)OC1=O. The molecule has 1 aliphatic carbocycles. The van der Waals surface area contributed by atoms with Gasteiger partial charge in [-0.25, -0.2) is 4.79 Å². The summed E-state index contributed by atoms with van der Waals surface area (Å²) < 4.78 is 6.99. The number of nitrogens with zero attached hydrogens (tertiary/aromatic N) is 1. The molecular formula is C18H24BrNO2. The Morgan fingerprint density at radius 3 is 2.32 bits per heavy atom. The van der Waals surface area contributed by atoms with Crippen molar-refractivity contribution >= 4 is 22.0 Å². The van der Waals surface area contributed by atoms with Crippen molar-refractivity contribution in [2.24, 2.45) is 0 Å². The zero-order valence-electron chi connectivity index (χ0n) is 13.4. The lowest BCUT2D eigenvalue weighted by molar-refractivity contribution is -0.0864. The van der Waals surface area contributed by atoms with Crippen LogP contribution in [0.2, 0.25) is 0 Å². The molecule has 1 spiro atoms. The van der Waals surface area contributed by atoms with Crippen molar-refractivity contribution in [1.82, 2.24) is 4.90 Å². The largest absolute Gasteiger partial charge is 0.443 e. The van der Waals surface area contributed by atoms with Crippen LogP contribution >= 0.6 is 15.9 Å². The summed E-state index contributed by atoms with van der Waals surface area (Å²) in [5, 5.41) is 0. The van der Waals surface area contributed by atoms with Gasteiger partial charge < -0.3 is 4.74 Å². The molecular weight excluding hydrogens is 342 g/mol. The van der Waals surface area contributed by atoms with Gasteiger partial charge in [-0.2, -0.15) is 0 Å². The number of ether oxygens (including phenoxy) is 1. The lowest BCUT2D eigenvalue weighted by atomic mass is 9.80. The summed E-state index contributed by atoms with van der Waals surface area (Å²) in [6.45, 7) is 4.97. The zero-order valence-corrected chi connectivity index (χ0v) is 15.0. The number of hydrogen-bond donors (Lipinski definition) is 0. The molecule has 1 aromatic carbocycles. The van der Waals surface area contributed by atoms with Crippen LogP contribution in [0, 0.1) is 0 Å². The molecule has 3 nitrogen and oxygen atoms in total. The lowest BCUT2D eigenvalue weighted by Gasteiger charge is -2.48. The van der Waals surface area contributed by atoms with Crippen LogP contribution in [0.1, 0.15) is 57.9 Å². The van der Waals surface area contributed by atoms with E-state index in [0.717, 1.165) is 35.8 Å². The second kappa shape index (κ2) is 5.88. The number of carbonyl (C=O) groups excluding carboxylic acids is 1. The first-order chi connectivity index (χ1) is 10.4. The smallest absolute Gasteiger partial charge is 0.411 e. The maximum absolute atomic E-state index is 12.6. The Morgan fingerprint density at radius 2 is 1.73 bits per heavy atom. The van der Waals surface area contributed by atoms with E-state index < -0.39 is 0 Å². The molecule has 22 heavy (non-hydrogen) atoms. The van der Waals surface area contributed by atoms with Crippen molar-refractivity contribution in [3.8, 4) is 0 Å². The molecule has 2 fully saturated rings. The average Bonchev–Trinajstić information content (AvgIpc) is 2.48. The van der Waals surface area contributed by atoms with Gasteiger partial charge in [0, 0.05) is 17.4 Å². The van der Waals surface area contributed by atoms with E-state index in [-0.39, 0.29) is 17.2 Å². The van der Waals surface area contributed by atoms with E-state index in [4.69, 9.17) is 4.74 Å². The Labute approximate surface area is 141 Å². The molecule has 1 heterocycles. The fourth-order valence-corrected chi connectivity index (χ4v) is 4.03. The third-order valence-electron chi connectivity index (χ3n) is 5.31. The molecule has 0 unspecified atom stereocenters. The van der Waals surface area contributed by atoms with Gasteiger partial charge in [0.25, 0.3) is 0 Å². The Hall–Kier alpha value is -1.03. The van der Waals surface area contributed by atoms with E-state index in [1.165, 1.54) is 19.3 Å². The Balaban J connectivity index is 1.77. The molecule has 1 aromatic rings. The van der Waals surface area contributed by atoms with Crippen LogP contribution in [0.3, 0.4) is 0 Å². The predicted octanol–water partition coefficient (Wildman–Crippen LogP) is 5.23. The highest BCUT2D eigenvalue weighted by atomic mass is 79.9. The van der Waals surface area contributed by atoms with Gasteiger partial charge in [-0.05, 0) is 57.2 Å². The molecule has 1 aliphatic heterocycles. The molecule has 0 atom stereocenters. The third kappa shape index (κ3) is 2.90. The van der Waals surface area contributed by atoms with Gasteiger partial charge in [-0.3, -0.25) is 4.90 Å². The number of halogens is 1. The van der Waals surface area contributed by atoms with Gasteiger partial charge in [0.15, 0.2) is 0 Å². The van der Waals surface area contributed by atoms with Crippen molar-refractivity contribution in [3.05, 3.63) is 34.3 Å². The van der Waals surface area contributed by atoms with E-state index in [0.29, 0.717) is 0 Å². The third-order valence-corrected chi connectivity index (χ3v) is 5.83. The van der Waals surface area contributed by atoms with Crippen LogP contribution in [-0.2, 0) is 10.3 Å². The van der Waals surface area contributed by atoms with Gasteiger partial charge in [-0.15, -0.1) is 0 Å². The standard InChI is InChI=1S/C18H24BrNO2/c1-17(2,14-6-8-15(19)9-7-14)20-13-12-18(22-16(20)21)10-4-3-5-11-18/h6-9H,3-5,10-13H2,1-2H3. The minimum Gasteiger partial charge on any atom is -0.443 e. The number of hydrogen-bond acceptors (Lipinski definition) is 2. The summed E-state index contributed by atoms with van der Waals surface area (Å²) >= 11 is 3.46. The zero-order chi connectivity index (χ0) is 15.8. The maximum atomic E-state index is 12.6. The van der Waals surface area contributed by atoms with E-state index in [9.17, 15) is 4.79 Å². The Bertz CT molecular complexity index is 547. The molecule has 0 aromatic heterocycles. The van der Waals surface area contributed by atoms with E-state index >= 15 is 0 Å². The number of amides is 1. The van der Waals surface area contributed by atoms with Crippen LogP contribution in [0.15, 0.2) is 28.7 Å². The topological polar surface area (TPSA) is 29.5 Å². The van der Waals surface area contributed by atoms with Crippen LogP contribution < -0.4 is 0 Å². The first kappa shape index (κ1) is 15.9. The van der Waals surface area contributed by atoms with Crippen molar-refractivity contribution in [3.63, 3.8) is 0 Å². The quantitative estimate of drug-likeness (QED) is 0.717. The van der Waals surface area contributed by atoms with Crippen LogP contribution in [0.25, 0.3) is 0 Å². The molecule has 0 N–H and O–H groups in total. The number of rotatable bonds is 2. The van der Waals surface area contributed by atoms with Gasteiger partial charge in [0.1, 0.15) is 5.60 Å². The second-order valence-electron chi connectivity index (χ2n) is 7.08. The highest BCUT2D eigenvalue weighted by Gasteiger charge is 2.45. The first-order valence-electron chi connectivity index (χ1n) is 8.20. The van der Waals surface area contributed by atoms with Gasteiger partial charge in [0.05, 0.1) is 5.54 Å². The first-order valence-corrected chi connectivity index (χ1v) is 8.99. The summed E-state index contributed by atoms with van der Waals surface area (Å²) in [5.41, 5.74) is 0.600. The molecule has 1 amide bonds. The molecule has 0 bridgehead atoms. The lowest BCUT2D eigenvalue weighted by Crippen LogP contribution is -2.56. The summed E-state index contributed by atoms with van der Waals surface area (Å²) in [6, 6.07) is 8.19. The molecule has 3 rings (SSSR count). The van der Waals surface area contributed by atoms with Crippen molar-refractivity contribution in [1.29, 1.82) is 0 Å².